The molecule has 0 aliphatic rings. The standard InChI is InChI=1S/C71H118O6/c1-4-7-10-13-16-19-22-25-28-30-32-34-35-37-38-40-43-46-49-52-55-58-61-64-70(73)76-67-68(66-75-69(72)63-60-57-54-51-48-45-42-27-24-21-18-15-12-9-6-3)77-71(74)65-62-59-56-53-50-47-44-41-39-36-33-31-29-26-23-20-17-14-11-8-5-2/h8-9,11-12,17-18,20-21,26-27,29-30,32-33,36,41-42,44,48,51,68H,4-7,10,13-16,19,22-25,28,31,34-35,37-40,43,45-47,49-50,52-67H2,1-3H3/b11-8-,12-9-,20-17-,21-18-,29-26-,32-30-,36-33-,42-27-,44-41-,51-48-. The zero-order chi connectivity index (χ0) is 55.7. The molecule has 0 aromatic carbocycles. The SMILES string of the molecule is CC/C=C\C/C=C\C/C=C\C/C=C\C/C=C\CCCCCCCC(=O)OC(COC(=O)CCCC/C=C\C/C=C\C/C=C\C/C=C\CC)COC(=O)CCCCCCCCCCCCC/C=C\CCCCCCCCCC. The van der Waals surface area contributed by atoms with Gasteiger partial charge in [-0.05, 0) is 128 Å². The first-order chi connectivity index (χ1) is 38.0. The Morgan fingerprint density at radius 2 is 0.506 bits per heavy atom. The molecule has 0 radical (unpaired) electrons. The summed E-state index contributed by atoms with van der Waals surface area (Å²) < 4.78 is 16.9. The number of carbonyl (C=O) groups is 3. The second kappa shape index (κ2) is 64.3. The van der Waals surface area contributed by atoms with Crippen LogP contribution in [0.4, 0.5) is 0 Å². The van der Waals surface area contributed by atoms with Gasteiger partial charge >= 0.3 is 17.9 Å². The Balaban J connectivity index is 4.44. The summed E-state index contributed by atoms with van der Waals surface area (Å²) >= 11 is 0. The summed E-state index contributed by atoms with van der Waals surface area (Å²) in [6, 6.07) is 0. The molecule has 0 rings (SSSR count). The molecule has 0 aliphatic heterocycles. The first kappa shape index (κ1) is 72.8. The smallest absolute Gasteiger partial charge is 0.306 e. The Labute approximate surface area is 475 Å². The summed E-state index contributed by atoms with van der Waals surface area (Å²) in [5.74, 6) is -0.961. The molecule has 438 valence electrons. The van der Waals surface area contributed by atoms with Crippen molar-refractivity contribution in [1.29, 1.82) is 0 Å². The highest BCUT2D eigenvalue weighted by Gasteiger charge is 2.19. The van der Waals surface area contributed by atoms with E-state index in [4.69, 9.17) is 14.2 Å². The summed E-state index contributed by atoms with van der Waals surface area (Å²) in [5.41, 5.74) is 0. The van der Waals surface area contributed by atoms with Crippen LogP contribution in [0.2, 0.25) is 0 Å². The van der Waals surface area contributed by atoms with E-state index in [9.17, 15) is 14.4 Å². The van der Waals surface area contributed by atoms with Gasteiger partial charge in [0.1, 0.15) is 13.2 Å². The van der Waals surface area contributed by atoms with E-state index in [0.717, 1.165) is 135 Å². The zero-order valence-corrected chi connectivity index (χ0v) is 50.2. The van der Waals surface area contributed by atoms with Gasteiger partial charge in [0.25, 0.3) is 0 Å². The van der Waals surface area contributed by atoms with Crippen LogP contribution in [0.15, 0.2) is 122 Å². The van der Waals surface area contributed by atoms with E-state index in [0.29, 0.717) is 19.3 Å². The van der Waals surface area contributed by atoms with Crippen molar-refractivity contribution in [2.45, 2.75) is 297 Å². The fourth-order valence-corrected chi connectivity index (χ4v) is 8.69. The van der Waals surface area contributed by atoms with E-state index < -0.39 is 6.10 Å². The van der Waals surface area contributed by atoms with E-state index in [2.05, 4.69) is 142 Å². The maximum atomic E-state index is 12.9. The molecule has 0 saturated heterocycles. The molecule has 77 heavy (non-hydrogen) atoms. The average Bonchev–Trinajstić information content (AvgIpc) is 3.43. The lowest BCUT2D eigenvalue weighted by molar-refractivity contribution is -0.167. The lowest BCUT2D eigenvalue weighted by Gasteiger charge is -2.18. The Morgan fingerprint density at radius 3 is 0.831 bits per heavy atom. The topological polar surface area (TPSA) is 78.9 Å². The molecule has 0 N–H and O–H groups in total. The number of carbonyl (C=O) groups excluding carboxylic acids is 3. The number of ether oxygens (including phenoxy) is 3. The minimum atomic E-state index is -0.811. The molecule has 0 bridgehead atoms. The van der Waals surface area contributed by atoms with Crippen LogP contribution in [0.5, 0.6) is 0 Å². The van der Waals surface area contributed by atoms with Crippen molar-refractivity contribution >= 4 is 17.9 Å². The minimum Gasteiger partial charge on any atom is -0.462 e. The van der Waals surface area contributed by atoms with Crippen molar-refractivity contribution < 1.29 is 28.6 Å². The van der Waals surface area contributed by atoms with Gasteiger partial charge in [-0.3, -0.25) is 14.4 Å². The monoisotopic (exact) mass is 1070 g/mol. The summed E-state index contributed by atoms with van der Waals surface area (Å²) in [6.45, 7) is 6.38. The molecule has 6 nitrogen and oxygen atoms in total. The summed E-state index contributed by atoms with van der Waals surface area (Å²) in [6.07, 6.45) is 89.2. The van der Waals surface area contributed by atoms with Gasteiger partial charge in [-0.25, -0.2) is 0 Å². The third kappa shape index (κ3) is 62.5. The van der Waals surface area contributed by atoms with Crippen LogP contribution >= 0.6 is 0 Å². The van der Waals surface area contributed by atoms with Crippen molar-refractivity contribution in [2.24, 2.45) is 0 Å². The van der Waals surface area contributed by atoms with Crippen LogP contribution < -0.4 is 0 Å². The molecule has 0 saturated carbocycles. The second-order valence-electron chi connectivity index (χ2n) is 20.9. The quantitative estimate of drug-likeness (QED) is 0.0261. The number of unbranched alkanes of at least 4 members (excludes halogenated alkanes) is 26. The summed E-state index contributed by atoms with van der Waals surface area (Å²) in [7, 11) is 0. The van der Waals surface area contributed by atoms with Gasteiger partial charge in [0.15, 0.2) is 6.10 Å². The molecule has 0 spiro atoms. The van der Waals surface area contributed by atoms with E-state index in [-0.39, 0.29) is 31.1 Å². The Bertz CT molecular complexity index is 1600. The molecule has 0 aliphatic carbocycles. The fourth-order valence-electron chi connectivity index (χ4n) is 8.69. The number of esters is 3. The van der Waals surface area contributed by atoms with Crippen LogP contribution in [0, 0.1) is 0 Å². The van der Waals surface area contributed by atoms with Crippen molar-refractivity contribution in [3.8, 4) is 0 Å². The third-order valence-electron chi connectivity index (χ3n) is 13.4. The Morgan fingerprint density at radius 1 is 0.273 bits per heavy atom. The number of rotatable bonds is 57. The van der Waals surface area contributed by atoms with Gasteiger partial charge in [-0.15, -0.1) is 0 Å². The lowest BCUT2D eigenvalue weighted by Crippen LogP contribution is -2.30. The maximum absolute atomic E-state index is 12.9. The van der Waals surface area contributed by atoms with E-state index in [1.807, 2.05) is 0 Å². The van der Waals surface area contributed by atoms with Gasteiger partial charge in [0.2, 0.25) is 0 Å². The first-order valence-corrected chi connectivity index (χ1v) is 32.0. The van der Waals surface area contributed by atoms with Crippen molar-refractivity contribution in [2.75, 3.05) is 13.2 Å². The molecular weight excluding hydrogens is 949 g/mol. The fraction of sp³-hybridized carbons (Fsp3) is 0.676. The number of hydrogen-bond donors (Lipinski definition) is 0. The zero-order valence-electron chi connectivity index (χ0n) is 50.2. The van der Waals surface area contributed by atoms with E-state index >= 15 is 0 Å². The largest absolute Gasteiger partial charge is 0.462 e. The van der Waals surface area contributed by atoms with Gasteiger partial charge in [0, 0.05) is 19.3 Å². The highest BCUT2D eigenvalue weighted by atomic mass is 16.6. The van der Waals surface area contributed by atoms with Gasteiger partial charge in [-0.1, -0.05) is 264 Å². The van der Waals surface area contributed by atoms with Gasteiger partial charge < -0.3 is 14.2 Å². The second-order valence-corrected chi connectivity index (χ2v) is 20.9. The molecule has 0 aromatic heterocycles. The summed E-state index contributed by atoms with van der Waals surface area (Å²) in [5, 5.41) is 0. The molecule has 0 aromatic rings. The molecule has 0 amide bonds. The Hall–Kier alpha value is -4.19. The van der Waals surface area contributed by atoms with Gasteiger partial charge in [0.05, 0.1) is 0 Å². The molecule has 1 atom stereocenters. The predicted octanol–water partition coefficient (Wildman–Crippen LogP) is 22.0. The predicted molar refractivity (Wildman–Crippen MR) is 334 cm³/mol. The Kier molecular flexibility index (Phi) is 60.8. The van der Waals surface area contributed by atoms with Crippen LogP contribution in [0.3, 0.4) is 0 Å². The van der Waals surface area contributed by atoms with Crippen LogP contribution in [0.25, 0.3) is 0 Å². The molecule has 1 unspecified atom stereocenters. The normalized spacial score (nSPS) is 12.9. The molecule has 0 heterocycles. The minimum absolute atomic E-state index is 0.102. The van der Waals surface area contributed by atoms with Crippen LogP contribution in [-0.2, 0) is 28.6 Å². The third-order valence-corrected chi connectivity index (χ3v) is 13.4. The van der Waals surface area contributed by atoms with Crippen molar-refractivity contribution in [1.82, 2.24) is 0 Å². The van der Waals surface area contributed by atoms with E-state index in [1.54, 1.807) is 0 Å². The molecule has 6 heteroatoms. The average molecular weight is 1070 g/mol. The molecule has 0 fully saturated rings. The van der Waals surface area contributed by atoms with Crippen LogP contribution in [0.1, 0.15) is 290 Å². The molecular formula is C71H118O6. The highest BCUT2D eigenvalue weighted by molar-refractivity contribution is 5.71. The number of hydrogen-bond acceptors (Lipinski definition) is 6. The lowest BCUT2D eigenvalue weighted by atomic mass is 10.0. The number of allylic oxidation sites excluding steroid dienone is 20. The van der Waals surface area contributed by atoms with Crippen molar-refractivity contribution in [3.05, 3.63) is 122 Å². The van der Waals surface area contributed by atoms with Gasteiger partial charge in [-0.2, -0.15) is 0 Å². The van der Waals surface area contributed by atoms with E-state index in [1.165, 1.54) is 116 Å². The van der Waals surface area contributed by atoms with Crippen LogP contribution in [-0.4, -0.2) is 37.2 Å². The maximum Gasteiger partial charge on any atom is 0.306 e. The highest BCUT2D eigenvalue weighted by Crippen LogP contribution is 2.15. The van der Waals surface area contributed by atoms with Crippen molar-refractivity contribution in [3.63, 3.8) is 0 Å². The first-order valence-electron chi connectivity index (χ1n) is 32.0. The summed E-state index contributed by atoms with van der Waals surface area (Å²) in [4.78, 5) is 38.3.